The van der Waals surface area contributed by atoms with Crippen LogP contribution in [0.3, 0.4) is 0 Å². The lowest BCUT2D eigenvalue weighted by Gasteiger charge is -2.21. The molecule has 0 aromatic rings. The number of nitrogens with zero attached hydrogens (tertiary/aromatic N) is 1. The maximum absolute atomic E-state index is 8.61. The van der Waals surface area contributed by atoms with Gasteiger partial charge in [0.25, 0.3) is 0 Å². The van der Waals surface area contributed by atoms with Gasteiger partial charge in [-0.05, 0) is 12.2 Å². The smallest absolute Gasteiger partial charge is 0.110 e. The molecule has 0 aromatic carbocycles. The summed E-state index contributed by atoms with van der Waals surface area (Å²) in [4.78, 5) is 0. The van der Waals surface area contributed by atoms with Crippen LogP contribution in [0.25, 0.3) is 0 Å². The Balaban J connectivity index is 2.53. The second kappa shape index (κ2) is 2.33. The van der Waals surface area contributed by atoms with E-state index in [4.69, 9.17) is 5.11 Å². The predicted molar refractivity (Wildman–Crippen MR) is 36.4 cm³/mol. The van der Waals surface area contributed by atoms with E-state index in [1.165, 1.54) is 0 Å². The van der Waals surface area contributed by atoms with Gasteiger partial charge in [-0.15, -0.1) is 0 Å². The lowest BCUT2D eigenvalue weighted by atomic mass is 10.5. The van der Waals surface area contributed by atoms with Crippen molar-refractivity contribution in [1.82, 2.24) is 0 Å². The van der Waals surface area contributed by atoms with Gasteiger partial charge in [-0.2, -0.15) is 0 Å². The van der Waals surface area contributed by atoms with Crippen molar-refractivity contribution >= 4 is 0 Å². The summed E-state index contributed by atoms with van der Waals surface area (Å²) in [6.07, 6.45) is 8.10. The Kier molecular flexibility index (Phi) is 1.69. The third-order valence-corrected chi connectivity index (χ3v) is 1.55. The van der Waals surface area contributed by atoms with Gasteiger partial charge < -0.3 is 5.11 Å². The Bertz CT molecular complexity index is 137. The number of hydrogen-bond acceptors (Lipinski definition) is 1. The fourth-order valence-electron chi connectivity index (χ4n) is 0.907. The van der Waals surface area contributed by atoms with Gasteiger partial charge in [-0.1, -0.05) is 0 Å². The molecule has 50 valence electrons. The van der Waals surface area contributed by atoms with Gasteiger partial charge >= 0.3 is 0 Å². The first-order valence-corrected chi connectivity index (χ1v) is 3.10. The SMILES string of the molecule is C[N+]1(CCO)C=CC=C1. The maximum atomic E-state index is 8.61. The summed E-state index contributed by atoms with van der Waals surface area (Å²) >= 11 is 0. The van der Waals surface area contributed by atoms with Crippen LogP contribution in [0.5, 0.6) is 0 Å². The molecule has 1 aliphatic rings. The molecule has 0 aliphatic carbocycles. The monoisotopic (exact) mass is 126 g/mol. The van der Waals surface area contributed by atoms with Crippen molar-refractivity contribution in [2.45, 2.75) is 0 Å². The van der Waals surface area contributed by atoms with E-state index in [0.29, 0.717) is 0 Å². The molecule has 1 aliphatic heterocycles. The van der Waals surface area contributed by atoms with E-state index < -0.39 is 0 Å². The molecule has 0 amide bonds. The third kappa shape index (κ3) is 1.40. The molecule has 2 heteroatoms. The van der Waals surface area contributed by atoms with Crippen LogP contribution in [-0.4, -0.2) is 29.8 Å². The summed E-state index contributed by atoms with van der Waals surface area (Å²) in [6.45, 7) is 1.01. The van der Waals surface area contributed by atoms with Gasteiger partial charge in [-0.3, -0.25) is 4.48 Å². The maximum Gasteiger partial charge on any atom is 0.110 e. The molecule has 0 bridgehead atoms. The molecule has 9 heavy (non-hydrogen) atoms. The van der Waals surface area contributed by atoms with Gasteiger partial charge in [0.2, 0.25) is 0 Å². The van der Waals surface area contributed by atoms with Crippen molar-refractivity contribution in [2.75, 3.05) is 20.2 Å². The summed E-state index contributed by atoms with van der Waals surface area (Å²) in [5.74, 6) is 0. The molecule has 0 saturated heterocycles. The lowest BCUT2D eigenvalue weighted by Crippen LogP contribution is -2.33. The molecule has 1 rings (SSSR count). The van der Waals surface area contributed by atoms with Gasteiger partial charge in [-0.25, -0.2) is 0 Å². The molecule has 0 saturated carbocycles. The van der Waals surface area contributed by atoms with Crippen LogP contribution in [0.1, 0.15) is 0 Å². The van der Waals surface area contributed by atoms with E-state index in [0.717, 1.165) is 11.0 Å². The summed E-state index contributed by atoms with van der Waals surface area (Å²) in [6, 6.07) is 0. The second-order valence-corrected chi connectivity index (χ2v) is 2.48. The molecule has 1 heterocycles. The molecule has 0 aromatic heterocycles. The number of hydrogen-bond donors (Lipinski definition) is 1. The Hall–Kier alpha value is -0.600. The van der Waals surface area contributed by atoms with E-state index in [1.54, 1.807) is 0 Å². The number of aliphatic hydroxyl groups is 1. The first-order valence-electron chi connectivity index (χ1n) is 3.10. The molecule has 0 atom stereocenters. The van der Waals surface area contributed by atoms with Crippen LogP contribution >= 0.6 is 0 Å². The van der Waals surface area contributed by atoms with E-state index in [1.807, 2.05) is 12.2 Å². The number of likely N-dealkylation sites (N-methyl/N-ethyl adjacent to an activating group) is 1. The molecular formula is C7H12NO+. The fourth-order valence-corrected chi connectivity index (χ4v) is 0.907. The van der Waals surface area contributed by atoms with E-state index in [9.17, 15) is 0 Å². The third-order valence-electron chi connectivity index (χ3n) is 1.55. The number of aliphatic hydroxyl groups excluding tert-OH is 1. The Labute approximate surface area is 55.3 Å². The van der Waals surface area contributed by atoms with Gasteiger partial charge in [0.15, 0.2) is 0 Å². The first-order chi connectivity index (χ1) is 4.27. The van der Waals surface area contributed by atoms with Crippen molar-refractivity contribution in [1.29, 1.82) is 0 Å². The van der Waals surface area contributed by atoms with E-state index in [-0.39, 0.29) is 6.61 Å². The topological polar surface area (TPSA) is 20.2 Å². The van der Waals surface area contributed by atoms with Crippen LogP contribution < -0.4 is 0 Å². The highest BCUT2D eigenvalue weighted by Gasteiger charge is 2.15. The molecule has 2 nitrogen and oxygen atoms in total. The minimum absolute atomic E-state index is 0.241. The molecule has 0 unspecified atom stereocenters. The largest absolute Gasteiger partial charge is 0.390 e. The highest BCUT2D eigenvalue weighted by molar-refractivity contribution is 5.03. The Morgan fingerprint density at radius 3 is 2.33 bits per heavy atom. The van der Waals surface area contributed by atoms with Crippen molar-refractivity contribution in [3.63, 3.8) is 0 Å². The van der Waals surface area contributed by atoms with Crippen molar-refractivity contribution in [3.05, 3.63) is 24.6 Å². The minimum Gasteiger partial charge on any atom is -0.390 e. The molecule has 0 spiro atoms. The van der Waals surface area contributed by atoms with Crippen LogP contribution in [0.4, 0.5) is 0 Å². The fraction of sp³-hybridized carbons (Fsp3) is 0.429. The number of rotatable bonds is 2. The Morgan fingerprint density at radius 1 is 1.33 bits per heavy atom. The summed E-state index contributed by atoms with van der Waals surface area (Å²) in [5, 5.41) is 8.61. The zero-order chi connectivity index (χ0) is 6.74. The molecular weight excluding hydrogens is 114 g/mol. The van der Waals surface area contributed by atoms with Crippen LogP contribution in [0.15, 0.2) is 24.6 Å². The van der Waals surface area contributed by atoms with Gasteiger partial charge in [0, 0.05) is 0 Å². The number of quaternary nitrogens is 1. The summed E-state index contributed by atoms with van der Waals surface area (Å²) in [5.41, 5.74) is 0. The van der Waals surface area contributed by atoms with Crippen LogP contribution in [0, 0.1) is 0 Å². The number of allylic oxidation sites excluding steroid dienone is 2. The summed E-state index contributed by atoms with van der Waals surface area (Å²) < 4.78 is 0.733. The predicted octanol–water partition coefficient (Wildman–Crippen LogP) is 0.466. The highest BCUT2D eigenvalue weighted by Crippen LogP contribution is 2.10. The molecule has 0 fully saturated rings. The summed E-state index contributed by atoms with van der Waals surface area (Å²) in [7, 11) is 2.05. The average Bonchev–Trinajstić information content (AvgIpc) is 2.16. The highest BCUT2D eigenvalue weighted by atomic mass is 16.3. The minimum atomic E-state index is 0.241. The normalized spacial score (nSPS) is 21.1. The van der Waals surface area contributed by atoms with Crippen molar-refractivity contribution in [2.24, 2.45) is 0 Å². The Morgan fingerprint density at radius 2 is 1.89 bits per heavy atom. The average molecular weight is 126 g/mol. The first kappa shape index (κ1) is 6.52. The van der Waals surface area contributed by atoms with Gasteiger partial charge in [0.1, 0.15) is 18.9 Å². The lowest BCUT2D eigenvalue weighted by molar-refractivity contribution is -0.804. The zero-order valence-corrected chi connectivity index (χ0v) is 5.62. The molecule has 1 N–H and O–H groups in total. The quantitative estimate of drug-likeness (QED) is 0.533. The second-order valence-electron chi connectivity index (χ2n) is 2.48. The van der Waals surface area contributed by atoms with E-state index >= 15 is 0 Å². The van der Waals surface area contributed by atoms with Crippen LogP contribution in [-0.2, 0) is 0 Å². The van der Waals surface area contributed by atoms with E-state index in [2.05, 4.69) is 19.4 Å². The molecule has 0 radical (unpaired) electrons. The van der Waals surface area contributed by atoms with Crippen molar-refractivity contribution in [3.8, 4) is 0 Å². The zero-order valence-electron chi connectivity index (χ0n) is 5.62. The van der Waals surface area contributed by atoms with Crippen molar-refractivity contribution < 1.29 is 9.59 Å². The van der Waals surface area contributed by atoms with Crippen LogP contribution in [0.2, 0.25) is 0 Å². The van der Waals surface area contributed by atoms with Gasteiger partial charge in [0.05, 0.1) is 13.7 Å². The standard InChI is InChI=1S/C7H12NO/c1-8(6-7-9)4-2-3-5-8/h2-5,9H,6-7H2,1H3/q+1.